The van der Waals surface area contributed by atoms with E-state index in [2.05, 4.69) is 19.2 Å². The average Bonchev–Trinajstić information content (AvgIpc) is 2.28. The van der Waals surface area contributed by atoms with Crippen LogP contribution in [0.5, 0.6) is 0 Å². The van der Waals surface area contributed by atoms with Crippen LogP contribution in [0.4, 0.5) is 5.69 Å². The predicted molar refractivity (Wildman–Crippen MR) is 78.2 cm³/mol. The van der Waals surface area contributed by atoms with E-state index in [1.165, 1.54) is 0 Å². The summed E-state index contributed by atoms with van der Waals surface area (Å²) >= 11 is 6.18. The van der Waals surface area contributed by atoms with Gasteiger partial charge in [0, 0.05) is 16.3 Å². The molecule has 1 rings (SSSR count). The van der Waals surface area contributed by atoms with E-state index in [0.29, 0.717) is 10.9 Å². The van der Waals surface area contributed by atoms with E-state index in [1.54, 1.807) is 6.07 Å². The molecule has 3 heteroatoms. The molecule has 0 heterocycles. The number of hydrogen-bond acceptors (Lipinski definition) is 1. The fourth-order valence-corrected chi connectivity index (χ4v) is 2.10. The molecule has 0 spiro atoms. The monoisotopic (exact) mass is 265 g/mol. The van der Waals surface area contributed by atoms with Gasteiger partial charge in [0.05, 0.1) is 0 Å². The van der Waals surface area contributed by atoms with Crippen LogP contribution in [-0.4, -0.2) is 5.91 Å². The molecular weight excluding hydrogens is 246 g/mol. The van der Waals surface area contributed by atoms with Crippen molar-refractivity contribution in [2.45, 2.75) is 40.0 Å². The third kappa shape index (κ3) is 3.88. The lowest BCUT2D eigenvalue weighted by Crippen LogP contribution is -2.12. The van der Waals surface area contributed by atoms with Crippen molar-refractivity contribution >= 4 is 23.2 Å². The summed E-state index contributed by atoms with van der Waals surface area (Å²) in [5.41, 5.74) is 2.55. The Kier molecular flexibility index (Phi) is 5.42. The lowest BCUT2D eigenvalue weighted by atomic mass is 10.0. The van der Waals surface area contributed by atoms with Crippen LogP contribution in [0.25, 0.3) is 0 Å². The second-order valence-electron chi connectivity index (χ2n) is 4.64. The maximum Gasteiger partial charge on any atom is 0.250 e. The van der Waals surface area contributed by atoms with Gasteiger partial charge in [-0.05, 0) is 37.0 Å². The second kappa shape index (κ2) is 6.60. The van der Waals surface area contributed by atoms with Gasteiger partial charge in [0.1, 0.15) is 0 Å². The van der Waals surface area contributed by atoms with E-state index in [1.807, 2.05) is 32.1 Å². The van der Waals surface area contributed by atoms with Crippen LogP contribution in [0.3, 0.4) is 0 Å². The van der Waals surface area contributed by atoms with E-state index < -0.39 is 0 Å². The average molecular weight is 266 g/mol. The first-order valence-electron chi connectivity index (χ1n) is 6.23. The second-order valence-corrected chi connectivity index (χ2v) is 5.05. The van der Waals surface area contributed by atoms with Crippen LogP contribution in [0.15, 0.2) is 29.8 Å². The number of allylic oxidation sites excluding steroid dienone is 1. The zero-order chi connectivity index (χ0) is 13.7. The molecule has 98 valence electrons. The summed E-state index contributed by atoms with van der Waals surface area (Å²) in [5, 5.41) is 3.54. The van der Waals surface area contributed by atoms with Crippen molar-refractivity contribution in [3.63, 3.8) is 0 Å². The quantitative estimate of drug-likeness (QED) is 0.782. The van der Waals surface area contributed by atoms with Gasteiger partial charge in [-0.15, -0.1) is 0 Å². The van der Waals surface area contributed by atoms with Crippen molar-refractivity contribution in [1.82, 2.24) is 0 Å². The van der Waals surface area contributed by atoms with Crippen molar-refractivity contribution in [3.8, 4) is 0 Å². The molecule has 0 unspecified atom stereocenters. The van der Waals surface area contributed by atoms with Crippen molar-refractivity contribution in [2.75, 3.05) is 5.32 Å². The third-order valence-corrected chi connectivity index (χ3v) is 3.08. The van der Waals surface area contributed by atoms with Crippen molar-refractivity contribution < 1.29 is 4.79 Å². The van der Waals surface area contributed by atoms with Crippen LogP contribution < -0.4 is 5.32 Å². The Morgan fingerprint density at radius 3 is 2.61 bits per heavy atom. The summed E-state index contributed by atoms with van der Waals surface area (Å²) in [7, 11) is 0. The minimum atomic E-state index is -0.0785. The lowest BCUT2D eigenvalue weighted by Gasteiger charge is -2.11. The van der Waals surface area contributed by atoms with E-state index in [4.69, 9.17) is 11.6 Å². The van der Waals surface area contributed by atoms with Gasteiger partial charge in [0.25, 0.3) is 5.91 Å². The first-order valence-corrected chi connectivity index (χ1v) is 6.61. The highest BCUT2D eigenvalue weighted by molar-refractivity contribution is 6.31. The minimum Gasteiger partial charge on any atom is -0.322 e. The molecule has 0 aromatic heterocycles. The maximum atomic E-state index is 11.8. The van der Waals surface area contributed by atoms with E-state index in [-0.39, 0.29) is 5.91 Å². The number of hydrogen-bond donors (Lipinski definition) is 1. The highest BCUT2D eigenvalue weighted by atomic mass is 35.5. The Hall–Kier alpha value is -1.28. The summed E-state index contributed by atoms with van der Waals surface area (Å²) in [6, 6.07) is 5.65. The molecule has 1 amide bonds. The van der Waals surface area contributed by atoms with Gasteiger partial charge < -0.3 is 5.32 Å². The van der Waals surface area contributed by atoms with Crippen molar-refractivity contribution in [1.29, 1.82) is 0 Å². The molecular formula is C15H20ClNO. The van der Waals surface area contributed by atoms with Crippen LogP contribution in [-0.2, 0) is 4.79 Å². The maximum absolute atomic E-state index is 11.8. The number of halogens is 1. The summed E-state index contributed by atoms with van der Waals surface area (Å²) < 4.78 is 0. The number of carbonyl (C=O) groups excluding carboxylic acids is 1. The van der Waals surface area contributed by atoms with Crippen LogP contribution >= 0.6 is 11.6 Å². The van der Waals surface area contributed by atoms with Gasteiger partial charge in [-0.2, -0.15) is 0 Å². The standard InChI is InChI=1S/C15H20ClNO/c1-5-6-11(4)15(18)17-12-7-8-13(10(2)3)14(16)9-12/h6-10H,5H2,1-4H3,(H,17,18)/b11-6+. The SMILES string of the molecule is CC/C=C(\C)C(=O)Nc1ccc(C(C)C)c(Cl)c1. The Labute approximate surface area is 114 Å². The number of amides is 1. The van der Waals surface area contributed by atoms with Crippen molar-refractivity contribution in [3.05, 3.63) is 40.4 Å². The van der Waals surface area contributed by atoms with E-state index in [0.717, 1.165) is 23.2 Å². The fourth-order valence-electron chi connectivity index (χ4n) is 1.70. The zero-order valence-corrected chi connectivity index (χ0v) is 12.1. The fraction of sp³-hybridized carbons (Fsp3) is 0.400. The molecule has 0 aliphatic heterocycles. The topological polar surface area (TPSA) is 29.1 Å². The molecule has 0 aliphatic rings. The predicted octanol–water partition coefficient (Wildman–Crippen LogP) is 4.76. The molecule has 0 radical (unpaired) electrons. The largest absolute Gasteiger partial charge is 0.322 e. The lowest BCUT2D eigenvalue weighted by molar-refractivity contribution is -0.112. The highest BCUT2D eigenvalue weighted by Gasteiger charge is 2.08. The summed E-state index contributed by atoms with van der Waals surface area (Å²) in [6.07, 6.45) is 2.76. The molecule has 0 bridgehead atoms. The van der Waals surface area contributed by atoms with Crippen molar-refractivity contribution in [2.24, 2.45) is 0 Å². The Bertz CT molecular complexity index is 464. The van der Waals surface area contributed by atoms with Crippen LogP contribution in [0.1, 0.15) is 45.6 Å². The molecule has 1 N–H and O–H groups in total. The van der Waals surface area contributed by atoms with Gasteiger partial charge in [-0.25, -0.2) is 0 Å². The first-order chi connectivity index (χ1) is 8.45. The Morgan fingerprint density at radius 1 is 1.44 bits per heavy atom. The number of carbonyl (C=O) groups is 1. The molecule has 18 heavy (non-hydrogen) atoms. The molecule has 0 atom stereocenters. The summed E-state index contributed by atoms with van der Waals surface area (Å²) in [4.78, 5) is 11.8. The van der Waals surface area contributed by atoms with Crippen LogP contribution in [0.2, 0.25) is 5.02 Å². The summed E-state index contributed by atoms with van der Waals surface area (Å²) in [5.74, 6) is 0.300. The van der Waals surface area contributed by atoms with Gasteiger partial charge >= 0.3 is 0 Å². The summed E-state index contributed by atoms with van der Waals surface area (Å²) in [6.45, 7) is 8.00. The number of rotatable bonds is 4. The van der Waals surface area contributed by atoms with Crippen LogP contribution in [0, 0.1) is 0 Å². The molecule has 0 saturated carbocycles. The van der Waals surface area contributed by atoms with Gasteiger partial charge in [-0.3, -0.25) is 4.79 Å². The number of anilines is 1. The van der Waals surface area contributed by atoms with Gasteiger partial charge in [0.15, 0.2) is 0 Å². The normalized spacial score (nSPS) is 11.8. The molecule has 1 aromatic rings. The number of nitrogens with one attached hydrogen (secondary N) is 1. The molecule has 0 fully saturated rings. The van der Waals surface area contributed by atoms with Gasteiger partial charge in [-0.1, -0.05) is 44.5 Å². The smallest absolute Gasteiger partial charge is 0.250 e. The molecule has 0 aliphatic carbocycles. The zero-order valence-electron chi connectivity index (χ0n) is 11.4. The minimum absolute atomic E-state index is 0.0785. The molecule has 0 saturated heterocycles. The third-order valence-electron chi connectivity index (χ3n) is 2.75. The first kappa shape index (κ1) is 14.8. The Morgan fingerprint density at radius 2 is 2.11 bits per heavy atom. The molecule has 2 nitrogen and oxygen atoms in total. The highest BCUT2D eigenvalue weighted by Crippen LogP contribution is 2.27. The molecule has 1 aromatic carbocycles. The van der Waals surface area contributed by atoms with Gasteiger partial charge in [0.2, 0.25) is 0 Å². The van der Waals surface area contributed by atoms with E-state index >= 15 is 0 Å². The number of benzene rings is 1. The Balaban J connectivity index is 2.84. The van der Waals surface area contributed by atoms with E-state index in [9.17, 15) is 4.79 Å².